The number of hydrogen-bond donors (Lipinski definition) is 3. The van der Waals surface area contributed by atoms with Crippen LogP contribution < -0.4 is 10.6 Å². The van der Waals surface area contributed by atoms with Gasteiger partial charge in [0, 0.05) is 16.0 Å². The minimum Gasteiger partial charge on any atom is -0.350 e. The highest BCUT2D eigenvalue weighted by Gasteiger charge is 2.20. The third kappa shape index (κ3) is 5.34. The Labute approximate surface area is 119 Å². The van der Waals surface area contributed by atoms with Crippen LogP contribution in [0.4, 0.5) is 0 Å². The molecule has 0 aliphatic heterocycles. The second-order valence-electron chi connectivity index (χ2n) is 5.48. The van der Waals surface area contributed by atoms with Gasteiger partial charge in [-0.05, 0) is 52.0 Å². The zero-order valence-corrected chi connectivity index (χ0v) is 12.5. The Morgan fingerprint density at radius 1 is 1.16 bits per heavy atom. The molecule has 2 amide bonds. The molecule has 1 aromatic rings. The molecule has 1 atom stereocenters. The SMILES string of the molecule is CC(NC(=O)c1ccc(S)cc1)C(=O)NC(C)(C)C. The smallest absolute Gasteiger partial charge is 0.251 e. The summed E-state index contributed by atoms with van der Waals surface area (Å²) in [4.78, 5) is 24.5. The summed E-state index contributed by atoms with van der Waals surface area (Å²) in [5.41, 5.74) is 0.192. The standard InChI is InChI=1S/C14H20N2O2S/c1-9(12(17)16-14(2,3)4)15-13(18)10-5-7-11(19)8-6-10/h5-9,19H,1-4H3,(H,15,18)(H,16,17). The van der Waals surface area contributed by atoms with Crippen LogP contribution in [-0.2, 0) is 4.79 Å². The van der Waals surface area contributed by atoms with Crippen LogP contribution in [0.15, 0.2) is 29.2 Å². The van der Waals surface area contributed by atoms with E-state index in [-0.39, 0.29) is 17.4 Å². The lowest BCUT2D eigenvalue weighted by Crippen LogP contribution is -2.50. The van der Waals surface area contributed by atoms with Crippen LogP contribution in [0.2, 0.25) is 0 Å². The predicted octanol–water partition coefficient (Wildman–Crippen LogP) is 2.01. The molecule has 0 aliphatic carbocycles. The fourth-order valence-corrected chi connectivity index (χ4v) is 1.59. The summed E-state index contributed by atoms with van der Waals surface area (Å²) in [6.07, 6.45) is 0. The molecule has 1 unspecified atom stereocenters. The first kappa shape index (κ1) is 15.6. The Morgan fingerprint density at radius 3 is 2.16 bits per heavy atom. The fourth-order valence-electron chi connectivity index (χ4n) is 1.44. The molecule has 0 saturated carbocycles. The zero-order valence-electron chi connectivity index (χ0n) is 11.7. The third-order valence-corrected chi connectivity index (χ3v) is 2.67. The maximum absolute atomic E-state index is 11.9. The molecule has 0 saturated heterocycles. The molecule has 1 aromatic carbocycles. The van der Waals surface area contributed by atoms with E-state index >= 15 is 0 Å². The van der Waals surface area contributed by atoms with Crippen LogP contribution >= 0.6 is 12.6 Å². The van der Waals surface area contributed by atoms with E-state index in [1.807, 2.05) is 20.8 Å². The Bertz CT molecular complexity index is 463. The molecule has 0 bridgehead atoms. The largest absolute Gasteiger partial charge is 0.350 e. The molecule has 0 heterocycles. The van der Waals surface area contributed by atoms with Gasteiger partial charge in [-0.2, -0.15) is 0 Å². The van der Waals surface area contributed by atoms with Crippen molar-refractivity contribution in [2.24, 2.45) is 0 Å². The van der Waals surface area contributed by atoms with Gasteiger partial charge in [0.1, 0.15) is 6.04 Å². The molecule has 1 rings (SSSR count). The number of rotatable bonds is 3. The zero-order chi connectivity index (χ0) is 14.6. The van der Waals surface area contributed by atoms with E-state index in [1.54, 1.807) is 31.2 Å². The molecular formula is C14H20N2O2S. The normalized spacial score (nSPS) is 12.7. The monoisotopic (exact) mass is 280 g/mol. The molecule has 104 valence electrons. The summed E-state index contributed by atoms with van der Waals surface area (Å²) < 4.78 is 0. The van der Waals surface area contributed by atoms with Crippen LogP contribution in [0.25, 0.3) is 0 Å². The van der Waals surface area contributed by atoms with Gasteiger partial charge >= 0.3 is 0 Å². The second-order valence-corrected chi connectivity index (χ2v) is 6.00. The lowest BCUT2D eigenvalue weighted by molar-refractivity contribution is -0.124. The van der Waals surface area contributed by atoms with Crippen LogP contribution in [-0.4, -0.2) is 23.4 Å². The average molecular weight is 280 g/mol. The van der Waals surface area contributed by atoms with Gasteiger partial charge in [0.15, 0.2) is 0 Å². The van der Waals surface area contributed by atoms with E-state index in [1.165, 1.54) is 0 Å². The van der Waals surface area contributed by atoms with E-state index in [0.29, 0.717) is 5.56 Å². The van der Waals surface area contributed by atoms with Crippen molar-refractivity contribution in [3.8, 4) is 0 Å². The van der Waals surface area contributed by atoms with E-state index in [9.17, 15) is 9.59 Å². The lowest BCUT2D eigenvalue weighted by Gasteiger charge is -2.23. The van der Waals surface area contributed by atoms with Crippen LogP contribution in [0.5, 0.6) is 0 Å². The van der Waals surface area contributed by atoms with Crippen molar-refractivity contribution in [2.45, 2.75) is 44.2 Å². The predicted molar refractivity (Wildman–Crippen MR) is 78.5 cm³/mol. The average Bonchev–Trinajstić information content (AvgIpc) is 2.27. The van der Waals surface area contributed by atoms with Gasteiger partial charge in [-0.1, -0.05) is 0 Å². The summed E-state index contributed by atoms with van der Waals surface area (Å²) in [6.45, 7) is 7.34. The Hall–Kier alpha value is -1.49. The molecule has 4 nitrogen and oxygen atoms in total. The number of amides is 2. The van der Waals surface area contributed by atoms with Gasteiger partial charge in [0.2, 0.25) is 5.91 Å². The molecule has 2 N–H and O–H groups in total. The number of nitrogens with one attached hydrogen (secondary N) is 2. The molecule has 0 fully saturated rings. The van der Waals surface area contributed by atoms with E-state index < -0.39 is 6.04 Å². The first-order valence-corrected chi connectivity index (χ1v) is 6.56. The minimum atomic E-state index is -0.581. The van der Waals surface area contributed by atoms with Gasteiger partial charge < -0.3 is 10.6 Å². The molecule has 0 aliphatic rings. The minimum absolute atomic E-state index is 0.202. The first-order chi connectivity index (χ1) is 8.69. The highest BCUT2D eigenvalue weighted by molar-refractivity contribution is 7.80. The Balaban J connectivity index is 2.61. The molecule has 0 spiro atoms. The van der Waals surface area contributed by atoms with Crippen molar-refractivity contribution in [2.75, 3.05) is 0 Å². The van der Waals surface area contributed by atoms with E-state index in [4.69, 9.17) is 0 Å². The molecule has 19 heavy (non-hydrogen) atoms. The molecular weight excluding hydrogens is 260 g/mol. The van der Waals surface area contributed by atoms with Crippen molar-refractivity contribution < 1.29 is 9.59 Å². The van der Waals surface area contributed by atoms with Crippen molar-refractivity contribution >= 4 is 24.4 Å². The maximum atomic E-state index is 11.9. The molecule has 0 aromatic heterocycles. The molecule has 5 heteroatoms. The lowest BCUT2D eigenvalue weighted by atomic mass is 10.1. The summed E-state index contributed by atoms with van der Waals surface area (Å²) >= 11 is 4.15. The Morgan fingerprint density at radius 2 is 1.68 bits per heavy atom. The van der Waals surface area contributed by atoms with E-state index in [0.717, 1.165) is 4.90 Å². The number of carbonyl (C=O) groups excluding carboxylic acids is 2. The van der Waals surface area contributed by atoms with E-state index in [2.05, 4.69) is 23.3 Å². The quantitative estimate of drug-likeness (QED) is 0.742. The number of carbonyl (C=O) groups is 2. The van der Waals surface area contributed by atoms with Crippen molar-refractivity contribution in [1.29, 1.82) is 0 Å². The first-order valence-electron chi connectivity index (χ1n) is 6.11. The second kappa shape index (κ2) is 6.10. The number of benzene rings is 1. The van der Waals surface area contributed by atoms with Crippen molar-refractivity contribution in [3.63, 3.8) is 0 Å². The number of hydrogen-bond acceptors (Lipinski definition) is 3. The molecule has 0 radical (unpaired) electrons. The van der Waals surface area contributed by atoms with Gasteiger partial charge in [-0.15, -0.1) is 12.6 Å². The van der Waals surface area contributed by atoms with Crippen LogP contribution in [0.1, 0.15) is 38.1 Å². The summed E-state index contributed by atoms with van der Waals surface area (Å²) in [5, 5.41) is 5.48. The number of thiol groups is 1. The van der Waals surface area contributed by atoms with Crippen molar-refractivity contribution in [3.05, 3.63) is 29.8 Å². The Kier molecular flexibility index (Phi) is 5.00. The highest BCUT2D eigenvalue weighted by atomic mass is 32.1. The van der Waals surface area contributed by atoms with Crippen LogP contribution in [0.3, 0.4) is 0 Å². The third-order valence-electron chi connectivity index (χ3n) is 2.37. The van der Waals surface area contributed by atoms with Gasteiger partial charge in [0.25, 0.3) is 5.91 Å². The topological polar surface area (TPSA) is 58.2 Å². The highest BCUT2D eigenvalue weighted by Crippen LogP contribution is 2.08. The van der Waals surface area contributed by atoms with Gasteiger partial charge in [-0.3, -0.25) is 9.59 Å². The fraction of sp³-hybridized carbons (Fsp3) is 0.429. The van der Waals surface area contributed by atoms with Crippen molar-refractivity contribution in [1.82, 2.24) is 10.6 Å². The summed E-state index contributed by atoms with van der Waals surface area (Å²) in [6, 6.07) is 6.23. The van der Waals surface area contributed by atoms with Crippen LogP contribution in [0, 0.1) is 0 Å². The van der Waals surface area contributed by atoms with Gasteiger partial charge in [0.05, 0.1) is 0 Å². The summed E-state index contributed by atoms with van der Waals surface area (Å²) in [7, 11) is 0. The maximum Gasteiger partial charge on any atom is 0.251 e. The summed E-state index contributed by atoms with van der Waals surface area (Å²) in [5.74, 6) is -0.475. The van der Waals surface area contributed by atoms with Gasteiger partial charge in [-0.25, -0.2) is 0 Å².